The third-order valence-corrected chi connectivity index (χ3v) is 5.80. The van der Waals surface area contributed by atoms with E-state index in [1.54, 1.807) is 11.8 Å². The molecule has 1 atom stereocenters. The van der Waals surface area contributed by atoms with Crippen LogP contribution in [0.3, 0.4) is 0 Å². The highest BCUT2D eigenvalue weighted by Crippen LogP contribution is 2.18. The van der Waals surface area contributed by atoms with Crippen LogP contribution < -0.4 is 0 Å². The summed E-state index contributed by atoms with van der Waals surface area (Å²) in [7, 11) is 0. The van der Waals surface area contributed by atoms with Gasteiger partial charge in [0, 0.05) is 43.6 Å². The number of halogens is 1. The highest BCUT2D eigenvalue weighted by molar-refractivity contribution is 7.99. The van der Waals surface area contributed by atoms with Crippen LogP contribution in [-0.2, 0) is 20.1 Å². The van der Waals surface area contributed by atoms with Gasteiger partial charge in [-0.3, -0.25) is 9.59 Å². The molecule has 0 N–H and O–H groups in total. The number of hydrogen-bond acceptors (Lipinski definition) is 4. The molecule has 0 radical (unpaired) electrons. The maximum absolute atomic E-state index is 12.3. The minimum absolute atomic E-state index is 0.0849. The first kappa shape index (κ1) is 18.5. The molecule has 1 unspecified atom stereocenters. The lowest BCUT2D eigenvalue weighted by molar-refractivity contribution is -0.145. The van der Waals surface area contributed by atoms with Gasteiger partial charge in [0.2, 0.25) is 5.91 Å². The molecule has 0 bridgehead atoms. The number of hydrogen-bond donors (Lipinski definition) is 0. The van der Waals surface area contributed by atoms with E-state index in [9.17, 15) is 9.59 Å². The third kappa shape index (κ3) is 5.12. The maximum atomic E-state index is 12.3. The van der Waals surface area contributed by atoms with Crippen LogP contribution in [0.2, 0.25) is 5.02 Å². The first-order valence-corrected chi connectivity index (χ1v) is 10.2. The number of ether oxygens (including phenoxy) is 1. The molecule has 3 rings (SSSR count). The van der Waals surface area contributed by atoms with Crippen molar-refractivity contribution in [3.63, 3.8) is 0 Å². The van der Waals surface area contributed by atoms with Crippen molar-refractivity contribution in [2.75, 3.05) is 38.5 Å². The molecule has 2 fully saturated rings. The zero-order valence-electron chi connectivity index (χ0n) is 14.2. The van der Waals surface area contributed by atoms with Crippen molar-refractivity contribution in [3.05, 3.63) is 34.9 Å². The molecule has 2 amide bonds. The second-order valence-electron chi connectivity index (χ2n) is 6.33. The number of carbonyl (C=O) groups excluding carboxylic acids is 2. The number of amides is 2. The van der Waals surface area contributed by atoms with Gasteiger partial charge in [-0.15, -0.1) is 11.8 Å². The highest BCUT2D eigenvalue weighted by Gasteiger charge is 2.31. The lowest BCUT2D eigenvalue weighted by Crippen LogP contribution is -2.53. The van der Waals surface area contributed by atoms with Crippen LogP contribution in [0.5, 0.6) is 0 Å². The van der Waals surface area contributed by atoms with Crippen LogP contribution in [0, 0.1) is 0 Å². The van der Waals surface area contributed by atoms with Crippen LogP contribution in [0.25, 0.3) is 0 Å². The van der Waals surface area contributed by atoms with Gasteiger partial charge in [-0.1, -0.05) is 23.7 Å². The summed E-state index contributed by atoms with van der Waals surface area (Å²) in [5, 5.41) is 0.722. The molecule has 0 aliphatic carbocycles. The number of piperazine rings is 1. The molecule has 2 saturated heterocycles. The van der Waals surface area contributed by atoms with Crippen molar-refractivity contribution in [1.29, 1.82) is 0 Å². The van der Waals surface area contributed by atoms with Gasteiger partial charge in [0.1, 0.15) is 6.10 Å². The fourth-order valence-corrected chi connectivity index (χ4v) is 4.09. The minimum Gasteiger partial charge on any atom is -0.368 e. The maximum Gasteiger partial charge on any atom is 0.251 e. The summed E-state index contributed by atoms with van der Waals surface area (Å²) in [5.41, 5.74) is 1.16. The first-order chi connectivity index (χ1) is 12.1. The van der Waals surface area contributed by atoms with Crippen LogP contribution in [0.1, 0.15) is 18.4 Å². The van der Waals surface area contributed by atoms with Gasteiger partial charge in [-0.25, -0.2) is 0 Å². The third-order valence-electron chi connectivity index (χ3n) is 4.56. The van der Waals surface area contributed by atoms with E-state index in [-0.39, 0.29) is 17.9 Å². The molecule has 2 heterocycles. The van der Waals surface area contributed by atoms with Crippen LogP contribution in [0.15, 0.2) is 24.3 Å². The average Bonchev–Trinajstić information content (AvgIpc) is 3.17. The summed E-state index contributed by atoms with van der Waals surface area (Å²) in [6, 6.07) is 7.69. The van der Waals surface area contributed by atoms with E-state index in [1.807, 2.05) is 34.1 Å². The Balaban J connectivity index is 1.37. The summed E-state index contributed by atoms with van der Waals surface area (Å²) < 4.78 is 5.46. The van der Waals surface area contributed by atoms with E-state index in [0.29, 0.717) is 38.5 Å². The van der Waals surface area contributed by atoms with E-state index >= 15 is 0 Å². The van der Waals surface area contributed by atoms with E-state index in [4.69, 9.17) is 16.3 Å². The Morgan fingerprint density at radius 1 is 1.12 bits per heavy atom. The quantitative estimate of drug-likeness (QED) is 0.784. The Labute approximate surface area is 157 Å². The Morgan fingerprint density at radius 2 is 1.80 bits per heavy atom. The Morgan fingerprint density at radius 3 is 2.44 bits per heavy atom. The minimum atomic E-state index is -0.266. The molecule has 2 aliphatic rings. The smallest absolute Gasteiger partial charge is 0.251 e. The standard InChI is InChI=1S/C18H23ClN2O3S/c19-15-5-3-14(4-6-15)12-25-13-17(22)20-7-9-21(10-8-20)18(23)16-2-1-11-24-16/h3-6,16H,1-2,7-13H2. The van der Waals surface area contributed by atoms with Crippen molar-refractivity contribution < 1.29 is 14.3 Å². The second kappa shape index (κ2) is 8.92. The molecule has 7 heteroatoms. The predicted molar refractivity (Wildman–Crippen MR) is 99.7 cm³/mol. The van der Waals surface area contributed by atoms with Crippen molar-refractivity contribution in [2.45, 2.75) is 24.7 Å². The zero-order valence-corrected chi connectivity index (χ0v) is 15.7. The van der Waals surface area contributed by atoms with Crippen LogP contribution in [-0.4, -0.2) is 66.3 Å². The number of rotatable bonds is 5. The Hall–Kier alpha value is -1.24. The van der Waals surface area contributed by atoms with Gasteiger partial charge in [0.15, 0.2) is 0 Å². The fraction of sp³-hybridized carbons (Fsp3) is 0.556. The van der Waals surface area contributed by atoms with Gasteiger partial charge in [0.05, 0.1) is 5.75 Å². The van der Waals surface area contributed by atoms with Gasteiger partial charge in [-0.2, -0.15) is 0 Å². The largest absolute Gasteiger partial charge is 0.368 e. The molecule has 0 saturated carbocycles. The van der Waals surface area contributed by atoms with E-state index in [1.165, 1.54) is 0 Å². The molecule has 1 aromatic rings. The van der Waals surface area contributed by atoms with Gasteiger partial charge in [-0.05, 0) is 30.5 Å². The summed E-state index contributed by atoms with van der Waals surface area (Å²) >= 11 is 7.48. The topological polar surface area (TPSA) is 49.9 Å². The molecule has 0 spiro atoms. The van der Waals surface area contributed by atoms with Crippen molar-refractivity contribution in [1.82, 2.24) is 9.80 Å². The van der Waals surface area contributed by atoms with Gasteiger partial charge < -0.3 is 14.5 Å². The van der Waals surface area contributed by atoms with Crippen molar-refractivity contribution in [3.8, 4) is 0 Å². The van der Waals surface area contributed by atoms with Crippen molar-refractivity contribution in [2.24, 2.45) is 0 Å². The predicted octanol–water partition coefficient (Wildman–Crippen LogP) is 2.42. The van der Waals surface area contributed by atoms with E-state index < -0.39 is 0 Å². The lowest BCUT2D eigenvalue weighted by atomic mass is 10.2. The number of carbonyl (C=O) groups is 2. The SMILES string of the molecule is O=C(CSCc1ccc(Cl)cc1)N1CCN(C(=O)C2CCCO2)CC1. The van der Waals surface area contributed by atoms with Crippen LogP contribution in [0.4, 0.5) is 0 Å². The molecule has 0 aromatic heterocycles. The second-order valence-corrected chi connectivity index (χ2v) is 7.75. The fourth-order valence-electron chi connectivity index (χ4n) is 3.08. The summed E-state index contributed by atoms with van der Waals surface area (Å²) in [6.07, 6.45) is 1.51. The van der Waals surface area contributed by atoms with Crippen molar-refractivity contribution >= 4 is 35.2 Å². The molecule has 5 nitrogen and oxygen atoms in total. The van der Waals surface area contributed by atoms with E-state index in [2.05, 4.69) is 0 Å². The average molecular weight is 383 g/mol. The number of benzene rings is 1. The first-order valence-electron chi connectivity index (χ1n) is 8.64. The number of thioether (sulfide) groups is 1. The van der Waals surface area contributed by atoms with Gasteiger partial charge >= 0.3 is 0 Å². The molecule has 2 aliphatic heterocycles. The van der Waals surface area contributed by atoms with Crippen LogP contribution >= 0.6 is 23.4 Å². The molecule has 25 heavy (non-hydrogen) atoms. The normalized spacial score (nSPS) is 20.8. The summed E-state index contributed by atoms with van der Waals surface area (Å²) in [5.74, 6) is 1.48. The van der Waals surface area contributed by atoms with E-state index in [0.717, 1.165) is 29.2 Å². The number of nitrogens with zero attached hydrogens (tertiary/aromatic N) is 2. The molecule has 136 valence electrons. The highest BCUT2D eigenvalue weighted by atomic mass is 35.5. The summed E-state index contributed by atoms with van der Waals surface area (Å²) in [4.78, 5) is 28.3. The Bertz CT molecular complexity index is 597. The molecule has 1 aromatic carbocycles. The zero-order chi connectivity index (χ0) is 17.6. The Kier molecular flexibility index (Phi) is 6.62. The monoisotopic (exact) mass is 382 g/mol. The molecular formula is C18H23ClN2O3S. The summed E-state index contributed by atoms with van der Waals surface area (Å²) in [6.45, 7) is 3.11. The lowest BCUT2D eigenvalue weighted by Gasteiger charge is -2.35. The molecular weight excluding hydrogens is 360 g/mol. The van der Waals surface area contributed by atoms with Gasteiger partial charge in [0.25, 0.3) is 5.91 Å².